The number of nitrogens with zero attached hydrogens (tertiary/aromatic N) is 1. The number of para-hydroxylation sites is 1. The van der Waals surface area contributed by atoms with Crippen LogP contribution >= 0.6 is 0 Å². The predicted octanol–water partition coefficient (Wildman–Crippen LogP) is 1.88. The van der Waals surface area contributed by atoms with Crippen LogP contribution in [0.25, 0.3) is 0 Å². The largest absolute Gasteiger partial charge is 0.508 e. The number of anilines is 1. The van der Waals surface area contributed by atoms with Crippen molar-refractivity contribution in [3.8, 4) is 17.6 Å². The van der Waals surface area contributed by atoms with Crippen molar-refractivity contribution in [3.63, 3.8) is 0 Å². The van der Waals surface area contributed by atoms with E-state index in [-0.39, 0.29) is 30.0 Å². The molecule has 7 nitrogen and oxygen atoms in total. The Balaban J connectivity index is 2.13. The van der Waals surface area contributed by atoms with Gasteiger partial charge in [0.15, 0.2) is 0 Å². The molecule has 0 saturated heterocycles. The van der Waals surface area contributed by atoms with Crippen LogP contribution in [0.3, 0.4) is 0 Å². The van der Waals surface area contributed by atoms with Gasteiger partial charge in [0.2, 0.25) is 5.91 Å². The fourth-order valence-corrected chi connectivity index (χ4v) is 2.05. The second-order valence-electron chi connectivity index (χ2n) is 4.96. The highest BCUT2D eigenvalue weighted by Gasteiger charge is 2.11. The first-order chi connectivity index (χ1) is 11.5. The summed E-state index contributed by atoms with van der Waals surface area (Å²) >= 11 is 0. The highest BCUT2D eigenvalue weighted by atomic mass is 16.3. The summed E-state index contributed by atoms with van der Waals surface area (Å²) in [5.41, 5.74) is 1.22. The summed E-state index contributed by atoms with van der Waals surface area (Å²) in [6, 6.07) is 12.2. The van der Waals surface area contributed by atoms with E-state index in [0.717, 1.165) is 6.07 Å². The second-order valence-corrected chi connectivity index (χ2v) is 4.96. The Bertz CT molecular complexity index is 791. The Morgan fingerprint density at radius 1 is 1.08 bits per heavy atom. The fraction of sp³-hybridized carbons (Fsp3) is 0.118. The van der Waals surface area contributed by atoms with Crippen LogP contribution < -0.4 is 10.6 Å². The Morgan fingerprint density at radius 3 is 2.42 bits per heavy atom. The van der Waals surface area contributed by atoms with E-state index in [1.54, 1.807) is 30.3 Å². The molecule has 24 heavy (non-hydrogen) atoms. The van der Waals surface area contributed by atoms with E-state index in [0.29, 0.717) is 11.3 Å². The zero-order valence-corrected chi connectivity index (χ0v) is 12.6. The van der Waals surface area contributed by atoms with Gasteiger partial charge in [-0.1, -0.05) is 18.2 Å². The highest BCUT2D eigenvalue weighted by Crippen LogP contribution is 2.22. The number of hydrogen-bond donors (Lipinski definition) is 4. The average Bonchev–Trinajstić information content (AvgIpc) is 2.53. The molecule has 0 aliphatic rings. The number of carbonyl (C=O) groups excluding carboxylic acids is 2. The molecule has 2 aromatic rings. The Morgan fingerprint density at radius 2 is 1.75 bits per heavy atom. The van der Waals surface area contributed by atoms with Gasteiger partial charge in [-0.15, -0.1) is 0 Å². The Labute approximate surface area is 138 Å². The van der Waals surface area contributed by atoms with Crippen molar-refractivity contribution in [1.82, 2.24) is 5.32 Å². The van der Waals surface area contributed by atoms with Gasteiger partial charge in [-0.3, -0.25) is 9.59 Å². The molecular formula is C17H15N3O4. The van der Waals surface area contributed by atoms with E-state index in [9.17, 15) is 19.8 Å². The molecule has 2 amide bonds. The molecule has 2 aromatic carbocycles. The minimum absolute atomic E-state index is 0.0934. The molecule has 7 heteroatoms. The summed E-state index contributed by atoms with van der Waals surface area (Å²) in [7, 11) is 0. The van der Waals surface area contributed by atoms with Crippen LogP contribution in [-0.4, -0.2) is 22.0 Å². The third-order valence-electron chi connectivity index (χ3n) is 3.15. The lowest BCUT2D eigenvalue weighted by Crippen LogP contribution is -2.23. The van der Waals surface area contributed by atoms with E-state index in [4.69, 9.17) is 5.26 Å². The normalized spacial score (nSPS) is 9.79. The van der Waals surface area contributed by atoms with E-state index in [1.165, 1.54) is 12.1 Å². The molecule has 0 radical (unpaired) electrons. The molecule has 0 atom stereocenters. The molecule has 0 aliphatic heterocycles. The van der Waals surface area contributed by atoms with E-state index in [2.05, 4.69) is 10.6 Å². The molecule has 0 fully saturated rings. The van der Waals surface area contributed by atoms with E-state index < -0.39 is 11.8 Å². The Hall–Kier alpha value is -3.53. The average molecular weight is 325 g/mol. The van der Waals surface area contributed by atoms with Crippen LogP contribution in [0.15, 0.2) is 42.5 Å². The first-order valence-corrected chi connectivity index (χ1v) is 7.05. The van der Waals surface area contributed by atoms with Crippen molar-refractivity contribution < 1.29 is 19.8 Å². The van der Waals surface area contributed by atoms with Crippen molar-refractivity contribution in [3.05, 3.63) is 53.6 Å². The van der Waals surface area contributed by atoms with Gasteiger partial charge in [-0.25, -0.2) is 0 Å². The van der Waals surface area contributed by atoms with Gasteiger partial charge in [-0.05, 0) is 23.8 Å². The first-order valence-electron chi connectivity index (χ1n) is 7.05. The predicted molar refractivity (Wildman–Crippen MR) is 86.2 cm³/mol. The molecule has 2 rings (SSSR count). The molecule has 0 aliphatic carbocycles. The maximum atomic E-state index is 12.2. The number of aromatic hydroxyl groups is 2. The maximum Gasteiger partial charge on any atom is 0.255 e. The van der Waals surface area contributed by atoms with Gasteiger partial charge in [0.1, 0.15) is 17.9 Å². The van der Waals surface area contributed by atoms with Gasteiger partial charge >= 0.3 is 0 Å². The number of amides is 2. The fourth-order valence-electron chi connectivity index (χ4n) is 2.05. The van der Waals surface area contributed by atoms with Gasteiger partial charge in [0, 0.05) is 23.9 Å². The minimum Gasteiger partial charge on any atom is -0.508 e. The summed E-state index contributed by atoms with van der Waals surface area (Å²) in [5, 5.41) is 32.6. The summed E-state index contributed by atoms with van der Waals surface area (Å²) in [6.45, 7) is 0.155. The van der Waals surface area contributed by atoms with Crippen LogP contribution in [0.5, 0.6) is 11.5 Å². The molecule has 0 bridgehead atoms. The maximum absolute atomic E-state index is 12.2. The number of hydrogen-bond acceptors (Lipinski definition) is 5. The quantitative estimate of drug-likeness (QED) is 0.668. The van der Waals surface area contributed by atoms with Crippen LogP contribution in [-0.2, 0) is 11.3 Å². The van der Waals surface area contributed by atoms with Crippen molar-refractivity contribution in [2.45, 2.75) is 13.0 Å². The van der Waals surface area contributed by atoms with E-state index >= 15 is 0 Å². The first kappa shape index (κ1) is 16.8. The van der Waals surface area contributed by atoms with Crippen molar-refractivity contribution in [1.29, 1.82) is 5.26 Å². The topological polar surface area (TPSA) is 122 Å². The third kappa shape index (κ3) is 4.48. The summed E-state index contributed by atoms with van der Waals surface area (Å²) in [4.78, 5) is 23.6. The lowest BCUT2D eigenvalue weighted by Gasteiger charge is -2.12. The molecule has 0 aromatic heterocycles. The molecule has 0 heterocycles. The zero-order chi connectivity index (χ0) is 17.5. The third-order valence-corrected chi connectivity index (χ3v) is 3.15. The van der Waals surface area contributed by atoms with Crippen LogP contribution in [0.2, 0.25) is 0 Å². The lowest BCUT2D eigenvalue weighted by atomic mass is 10.1. The van der Waals surface area contributed by atoms with Crippen molar-refractivity contribution >= 4 is 17.5 Å². The molecule has 4 N–H and O–H groups in total. The SMILES string of the molecule is N#CCC(=O)NCc1ccccc1NC(=O)c1cc(O)cc(O)c1. The molecule has 122 valence electrons. The van der Waals surface area contributed by atoms with Crippen LogP contribution in [0, 0.1) is 11.3 Å². The standard InChI is InChI=1S/C17H15N3O4/c18-6-5-16(23)19-10-11-3-1-2-4-15(11)20-17(24)12-7-13(21)9-14(22)8-12/h1-4,7-9,21-22H,5,10H2,(H,19,23)(H,20,24). The van der Waals surface area contributed by atoms with E-state index in [1.807, 2.05) is 0 Å². The number of rotatable bonds is 5. The van der Waals surface area contributed by atoms with Crippen molar-refractivity contribution in [2.75, 3.05) is 5.32 Å². The minimum atomic E-state index is -0.517. The molecule has 0 saturated carbocycles. The number of phenols is 2. The number of carbonyl (C=O) groups is 2. The smallest absolute Gasteiger partial charge is 0.255 e. The number of phenolic OH excluding ortho intramolecular Hbond substituents is 2. The van der Waals surface area contributed by atoms with Gasteiger partial charge in [-0.2, -0.15) is 5.26 Å². The Kier molecular flexibility index (Phi) is 5.36. The van der Waals surface area contributed by atoms with Gasteiger partial charge in [0.05, 0.1) is 6.07 Å². The number of nitriles is 1. The number of nitrogens with one attached hydrogen (secondary N) is 2. The van der Waals surface area contributed by atoms with Crippen LogP contribution in [0.4, 0.5) is 5.69 Å². The molecular weight excluding hydrogens is 310 g/mol. The molecule has 0 spiro atoms. The van der Waals surface area contributed by atoms with Crippen LogP contribution in [0.1, 0.15) is 22.3 Å². The molecule has 0 unspecified atom stereocenters. The highest BCUT2D eigenvalue weighted by molar-refractivity contribution is 6.05. The lowest BCUT2D eigenvalue weighted by molar-refractivity contribution is -0.120. The van der Waals surface area contributed by atoms with Gasteiger partial charge < -0.3 is 20.8 Å². The summed E-state index contributed by atoms with van der Waals surface area (Å²) < 4.78 is 0. The summed E-state index contributed by atoms with van der Waals surface area (Å²) in [6.07, 6.45) is -0.239. The number of benzene rings is 2. The summed E-state index contributed by atoms with van der Waals surface area (Å²) in [5.74, 6) is -1.37. The monoisotopic (exact) mass is 325 g/mol. The van der Waals surface area contributed by atoms with Gasteiger partial charge in [0.25, 0.3) is 5.91 Å². The van der Waals surface area contributed by atoms with Crippen molar-refractivity contribution in [2.24, 2.45) is 0 Å². The zero-order valence-electron chi connectivity index (χ0n) is 12.6. The second kappa shape index (κ2) is 7.65.